The standard InChI is InChI=1S/C18H19ClN4O2S/c1-8-10(3)26-18-15(8)17(25)22-16(23-18)9(2)20-12-5-6-14(13(19)7-12)21-11(4)24/h5-7,9,20H,1-4H3,(H,21,24)(H,22,23,25). The first-order valence-electron chi connectivity index (χ1n) is 8.10. The van der Waals surface area contributed by atoms with Crippen molar-refractivity contribution in [2.24, 2.45) is 0 Å². The number of aromatic nitrogens is 2. The van der Waals surface area contributed by atoms with Gasteiger partial charge in [-0.3, -0.25) is 9.59 Å². The Balaban J connectivity index is 1.87. The highest BCUT2D eigenvalue weighted by Crippen LogP contribution is 2.29. The Bertz CT molecular complexity index is 1060. The number of H-pyrrole nitrogens is 1. The number of amides is 1. The van der Waals surface area contributed by atoms with Gasteiger partial charge >= 0.3 is 0 Å². The average Bonchev–Trinajstić information content (AvgIpc) is 2.84. The SMILES string of the molecule is CC(=O)Nc1ccc(NC(C)c2nc3sc(C)c(C)c3c(=O)[nH]2)cc1Cl. The van der Waals surface area contributed by atoms with E-state index in [1.807, 2.05) is 26.8 Å². The fourth-order valence-corrected chi connectivity index (χ4v) is 3.96. The first-order valence-corrected chi connectivity index (χ1v) is 9.29. The number of anilines is 2. The molecular formula is C18H19ClN4O2S. The van der Waals surface area contributed by atoms with Gasteiger partial charge in [0.1, 0.15) is 10.7 Å². The van der Waals surface area contributed by atoms with Crippen LogP contribution in [0.5, 0.6) is 0 Å². The number of thiophene rings is 1. The highest BCUT2D eigenvalue weighted by atomic mass is 35.5. The zero-order valence-corrected chi connectivity index (χ0v) is 16.4. The van der Waals surface area contributed by atoms with Crippen LogP contribution in [0.25, 0.3) is 10.2 Å². The molecule has 136 valence electrons. The summed E-state index contributed by atoms with van der Waals surface area (Å²) in [6.07, 6.45) is 0. The Hall–Kier alpha value is -2.38. The molecule has 0 saturated heterocycles. The van der Waals surface area contributed by atoms with Gasteiger partial charge in [-0.25, -0.2) is 4.98 Å². The molecule has 0 aliphatic carbocycles. The molecule has 26 heavy (non-hydrogen) atoms. The van der Waals surface area contributed by atoms with Crippen molar-refractivity contribution in [3.8, 4) is 0 Å². The van der Waals surface area contributed by atoms with Crippen LogP contribution in [0.3, 0.4) is 0 Å². The summed E-state index contributed by atoms with van der Waals surface area (Å²) in [7, 11) is 0. The average molecular weight is 391 g/mol. The lowest BCUT2D eigenvalue weighted by Crippen LogP contribution is -2.17. The second-order valence-electron chi connectivity index (χ2n) is 6.16. The third-order valence-corrected chi connectivity index (χ3v) is 5.54. The highest BCUT2D eigenvalue weighted by Gasteiger charge is 2.15. The summed E-state index contributed by atoms with van der Waals surface area (Å²) in [6, 6.07) is 5.03. The van der Waals surface area contributed by atoms with E-state index in [9.17, 15) is 9.59 Å². The number of rotatable bonds is 4. The lowest BCUT2D eigenvalue weighted by molar-refractivity contribution is -0.114. The molecule has 1 amide bonds. The minimum Gasteiger partial charge on any atom is -0.375 e. The van der Waals surface area contributed by atoms with E-state index in [0.29, 0.717) is 21.9 Å². The topological polar surface area (TPSA) is 86.9 Å². The summed E-state index contributed by atoms with van der Waals surface area (Å²) in [5.41, 5.74) is 2.17. The Kier molecular flexibility index (Phi) is 5.02. The zero-order chi connectivity index (χ0) is 19.0. The second kappa shape index (κ2) is 7.09. The minimum atomic E-state index is -0.225. The van der Waals surface area contributed by atoms with E-state index in [2.05, 4.69) is 20.6 Å². The van der Waals surface area contributed by atoms with E-state index in [1.54, 1.807) is 12.1 Å². The molecular weight excluding hydrogens is 372 g/mol. The van der Waals surface area contributed by atoms with E-state index < -0.39 is 0 Å². The van der Waals surface area contributed by atoms with Crippen molar-refractivity contribution in [3.63, 3.8) is 0 Å². The molecule has 0 fully saturated rings. The molecule has 1 aromatic carbocycles. The third-order valence-electron chi connectivity index (χ3n) is 4.13. The molecule has 0 saturated carbocycles. The van der Waals surface area contributed by atoms with Crippen LogP contribution in [-0.4, -0.2) is 15.9 Å². The molecule has 0 aliphatic heterocycles. The fraction of sp³-hybridized carbons (Fsp3) is 0.278. The molecule has 3 rings (SSSR count). The summed E-state index contributed by atoms with van der Waals surface area (Å²) in [5.74, 6) is 0.378. The molecule has 0 bridgehead atoms. The Morgan fingerprint density at radius 1 is 1.35 bits per heavy atom. The summed E-state index contributed by atoms with van der Waals surface area (Å²) < 4.78 is 0. The largest absolute Gasteiger partial charge is 0.375 e. The third kappa shape index (κ3) is 3.59. The number of carbonyl (C=O) groups excluding carboxylic acids is 1. The van der Waals surface area contributed by atoms with Crippen molar-refractivity contribution in [2.45, 2.75) is 33.7 Å². The van der Waals surface area contributed by atoms with Gasteiger partial charge in [-0.1, -0.05) is 11.6 Å². The number of carbonyl (C=O) groups is 1. The number of hydrogen-bond acceptors (Lipinski definition) is 5. The summed E-state index contributed by atoms with van der Waals surface area (Å²) in [6.45, 7) is 7.26. The number of hydrogen-bond donors (Lipinski definition) is 3. The summed E-state index contributed by atoms with van der Waals surface area (Å²) in [5, 5.41) is 7.02. The molecule has 1 atom stereocenters. The molecule has 0 aliphatic rings. The smallest absolute Gasteiger partial charge is 0.259 e. The van der Waals surface area contributed by atoms with Crippen LogP contribution in [0, 0.1) is 13.8 Å². The number of aromatic amines is 1. The van der Waals surface area contributed by atoms with Gasteiger partial charge in [-0.15, -0.1) is 11.3 Å². The lowest BCUT2D eigenvalue weighted by atomic mass is 10.2. The number of fused-ring (bicyclic) bond motifs is 1. The highest BCUT2D eigenvalue weighted by molar-refractivity contribution is 7.18. The molecule has 3 N–H and O–H groups in total. The number of halogens is 1. The van der Waals surface area contributed by atoms with Crippen LogP contribution in [0.1, 0.15) is 36.2 Å². The maximum atomic E-state index is 12.4. The molecule has 2 aromatic heterocycles. The molecule has 8 heteroatoms. The summed E-state index contributed by atoms with van der Waals surface area (Å²) in [4.78, 5) is 32.9. The van der Waals surface area contributed by atoms with Crippen molar-refractivity contribution in [2.75, 3.05) is 10.6 Å². The van der Waals surface area contributed by atoms with Crippen LogP contribution in [0.15, 0.2) is 23.0 Å². The van der Waals surface area contributed by atoms with E-state index in [-0.39, 0.29) is 17.5 Å². The van der Waals surface area contributed by atoms with Gasteiger partial charge in [0.05, 0.1) is 22.1 Å². The Morgan fingerprint density at radius 3 is 2.73 bits per heavy atom. The van der Waals surface area contributed by atoms with Crippen molar-refractivity contribution in [1.29, 1.82) is 0 Å². The van der Waals surface area contributed by atoms with Gasteiger partial charge in [-0.2, -0.15) is 0 Å². The monoisotopic (exact) mass is 390 g/mol. The van der Waals surface area contributed by atoms with Crippen LogP contribution in [0.4, 0.5) is 11.4 Å². The van der Waals surface area contributed by atoms with E-state index in [4.69, 9.17) is 11.6 Å². The van der Waals surface area contributed by atoms with Crippen LogP contribution in [0.2, 0.25) is 5.02 Å². The lowest BCUT2D eigenvalue weighted by Gasteiger charge is -2.15. The number of nitrogens with one attached hydrogen (secondary N) is 3. The van der Waals surface area contributed by atoms with E-state index >= 15 is 0 Å². The molecule has 3 aromatic rings. The van der Waals surface area contributed by atoms with E-state index in [0.717, 1.165) is 21.0 Å². The normalized spacial score (nSPS) is 12.2. The van der Waals surface area contributed by atoms with Gasteiger partial charge < -0.3 is 15.6 Å². The second-order valence-corrected chi connectivity index (χ2v) is 7.77. The van der Waals surface area contributed by atoms with Crippen molar-refractivity contribution in [1.82, 2.24) is 9.97 Å². The molecule has 0 spiro atoms. The summed E-state index contributed by atoms with van der Waals surface area (Å²) >= 11 is 7.72. The number of nitrogens with zero attached hydrogens (tertiary/aromatic N) is 1. The van der Waals surface area contributed by atoms with Gasteiger partial charge in [0.15, 0.2) is 0 Å². The minimum absolute atomic E-state index is 0.125. The predicted molar refractivity (Wildman–Crippen MR) is 108 cm³/mol. The first kappa shape index (κ1) is 18.4. The predicted octanol–water partition coefficient (Wildman–Crippen LogP) is 4.39. The maximum Gasteiger partial charge on any atom is 0.259 e. The molecule has 2 heterocycles. The van der Waals surface area contributed by atoms with Gasteiger partial charge in [0.25, 0.3) is 5.56 Å². The fourth-order valence-electron chi connectivity index (χ4n) is 2.69. The quantitative estimate of drug-likeness (QED) is 0.616. The number of benzene rings is 1. The van der Waals surface area contributed by atoms with Crippen LogP contribution >= 0.6 is 22.9 Å². The van der Waals surface area contributed by atoms with Crippen molar-refractivity contribution in [3.05, 3.63) is 49.8 Å². The zero-order valence-electron chi connectivity index (χ0n) is 14.9. The van der Waals surface area contributed by atoms with Gasteiger partial charge in [0.2, 0.25) is 5.91 Å². The molecule has 6 nitrogen and oxygen atoms in total. The Labute approximate surface area is 159 Å². The van der Waals surface area contributed by atoms with Gasteiger partial charge in [0, 0.05) is 17.5 Å². The molecule has 0 radical (unpaired) electrons. The van der Waals surface area contributed by atoms with Crippen molar-refractivity contribution < 1.29 is 4.79 Å². The first-order chi connectivity index (χ1) is 12.3. The maximum absolute atomic E-state index is 12.4. The van der Waals surface area contributed by atoms with Gasteiger partial charge in [-0.05, 0) is 44.5 Å². The Morgan fingerprint density at radius 2 is 2.08 bits per heavy atom. The van der Waals surface area contributed by atoms with E-state index in [1.165, 1.54) is 18.3 Å². The van der Waals surface area contributed by atoms with Crippen LogP contribution < -0.4 is 16.2 Å². The van der Waals surface area contributed by atoms with Crippen molar-refractivity contribution >= 4 is 50.4 Å². The molecule has 1 unspecified atom stereocenters. The number of aryl methyl sites for hydroxylation is 2. The van der Waals surface area contributed by atoms with Crippen LogP contribution in [-0.2, 0) is 4.79 Å².